The number of halogens is 1. The predicted molar refractivity (Wildman–Crippen MR) is 95.6 cm³/mol. The van der Waals surface area contributed by atoms with Gasteiger partial charge in [-0.1, -0.05) is 12.1 Å². The number of amides is 2. The minimum atomic E-state index is -0.276. The largest absolute Gasteiger partial charge is 0.338 e. The zero-order valence-electron chi connectivity index (χ0n) is 13.0. The molecule has 3 rings (SSSR count). The van der Waals surface area contributed by atoms with Gasteiger partial charge in [0.1, 0.15) is 5.82 Å². The zero-order chi connectivity index (χ0) is 16.9. The Hall–Kier alpha value is -2.73. The molecule has 3 aromatic rings. The molecule has 0 aliphatic carbocycles. The first-order chi connectivity index (χ1) is 11.7. The second-order valence-electron chi connectivity index (χ2n) is 5.08. The van der Waals surface area contributed by atoms with Crippen LogP contribution in [0.3, 0.4) is 0 Å². The predicted octanol–water partition coefficient (Wildman–Crippen LogP) is 4.76. The van der Waals surface area contributed by atoms with E-state index in [1.165, 1.54) is 23.5 Å². The molecule has 2 N–H and O–H groups in total. The maximum absolute atomic E-state index is 13.2. The summed E-state index contributed by atoms with van der Waals surface area (Å²) in [6, 6.07) is 11.8. The van der Waals surface area contributed by atoms with E-state index in [9.17, 15) is 9.18 Å². The number of carbonyl (C=O) groups is 1. The molecule has 2 amide bonds. The summed E-state index contributed by atoms with van der Waals surface area (Å²) in [5.41, 5.74) is 2.86. The summed E-state index contributed by atoms with van der Waals surface area (Å²) in [6.07, 6.45) is 3.44. The molecule has 24 heavy (non-hydrogen) atoms. The average Bonchev–Trinajstić information content (AvgIpc) is 3.00. The Labute approximate surface area is 143 Å². The van der Waals surface area contributed by atoms with Crippen LogP contribution >= 0.6 is 11.3 Å². The van der Waals surface area contributed by atoms with Gasteiger partial charge >= 0.3 is 6.03 Å². The Balaban J connectivity index is 2.03. The van der Waals surface area contributed by atoms with Gasteiger partial charge in [0.05, 0.1) is 5.00 Å². The van der Waals surface area contributed by atoms with Crippen molar-refractivity contribution in [1.82, 2.24) is 10.3 Å². The lowest BCUT2D eigenvalue weighted by molar-refractivity contribution is 0.252. The molecule has 0 saturated heterocycles. The summed E-state index contributed by atoms with van der Waals surface area (Å²) in [7, 11) is 0. The average molecular weight is 341 g/mol. The molecule has 6 heteroatoms. The molecule has 4 nitrogen and oxygen atoms in total. The molecule has 2 heterocycles. The van der Waals surface area contributed by atoms with E-state index < -0.39 is 0 Å². The lowest BCUT2D eigenvalue weighted by atomic mass is 10.0. The van der Waals surface area contributed by atoms with Crippen molar-refractivity contribution in [3.63, 3.8) is 0 Å². The van der Waals surface area contributed by atoms with Crippen molar-refractivity contribution in [3.05, 3.63) is 60.7 Å². The minimum absolute atomic E-state index is 0.245. The Morgan fingerprint density at radius 1 is 1.12 bits per heavy atom. The maximum Gasteiger partial charge on any atom is 0.319 e. The number of benzene rings is 1. The summed E-state index contributed by atoms with van der Waals surface area (Å²) in [4.78, 5) is 16.8. The quantitative estimate of drug-likeness (QED) is 0.719. The van der Waals surface area contributed by atoms with Gasteiger partial charge in [-0.25, -0.2) is 9.18 Å². The van der Waals surface area contributed by atoms with Gasteiger partial charge in [0.25, 0.3) is 0 Å². The van der Waals surface area contributed by atoms with Crippen LogP contribution in [0.15, 0.2) is 54.9 Å². The second kappa shape index (κ2) is 7.23. The molecule has 0 saturated carbocycles. The first-order valence-electron chi connectivity index (χ1n) is 7.52. The number of aromatic nitrogens is 1. The highest BCUT2D eigenvalue weighted by Crippen LogP contribution is 2.41. The molecule has 122 valence electrons. The van der Waals surface area contributed by atoms with E-state index in [-0.39, 0.29) is 11.8 Å². The number of pyridine rings is 1. The summed E-state index contributed by atoms with van der Waals surface area (Å²) < 4.78 is 13.2. The van der Waals surface area contributed by atoms with E-state index in [0.29, 0.717) is 6.54 Å². The number of carbonyl (C=O) groups excluding carboxylic acids is 1. The lowest BCUT2D eigenvalue weighted by Gasteiger charge is -2.03. The smallest absolute Gasteiger partial charge is 0.319 e. The number of hydrogen-bond donors (Lipinski definition) is 2. The van der Waals surface area contributed by atoms with Gasteiger partial charge < -0.3 is 5.32 Å². The van der Waals surface area contributed by atoms with Gasteiger partial charge in [0, 0.05) is 29.4 Å². The van der Waals surface area contributed by atoms with Gasteiger partial charge in [0.2, 0.25) is 0 Å². The third-order valence-corrected chi connectivity index (χ3v) is 4.50. The van der Waals surface area contributed by atoms with Crippen molar-refractivity contribution < 1.29 is 9.18 Å². The molecule has 0 aliphatic heterocycles. The van der Waals surface area contributed by atoms with Gasteiger partial charge in [0.15, 0.2) is 0 Å². The van der Waals surface area contributed by atoms with Crippen LogP contribution in [0.2, 0.25) is 0 Å². The Morgan fingerprint density at radius 2 is 1.83 bits per heavy atom. The summed E-state index contributed by atoms with van der Waals surface area (Å²) in [6.45, 7) is 2.42. The number of nitrogens with zero attached hydrogens (tertiary/aromatic N) is 1. The molecule has 0 fully saturated rings. The van der Waals surface area contributed by atoms with E-state index in [2.05, 4.69) is 15.6 Å². The lowest BCUT2D eigenvalue weighted by Crippen LogP contribution is -2.27. The highest BCUT2D eigenvalue weighted by molar-refractivity contribution is 7.20. The van der Waals surface area contributed by atoms with E-state index in [0.717, 1.165) is 26.6 Å². The number of urea groups is 1. The summed E-state index contributed by atoms with van der Waals surface area (Å²) in [5.74, 6) is -0.276. The van der Waals surface area contributed by atoms with Crippen LogP contribution in [0.5, 0.6) is 0 Å². The normalized spacial score (nSPS) is 10.4. The number of nitrogens with one attached hydrogen (secondary N) is 2. The van der Waals surface area contributed by atoms with Crippen LogP contribution < -0.4 is 10.6 Å². The van der Waals surface area contributed by atoms with Crippen molar-refractivity contribution in [2.24, 2.45) is 0 Å². The first kappa shape index (κ1) is 16.1. The van der Waals surface area contributed by atoms with Gasteiger partial charge in [-0.05, 0) is 48.4 Å². The minimum Gasteiger partial charge on any atom is -0.338 e. The fourth-order valence-electron chi connectivity index (χ4n) is 2.33. The molecule has 1 aromatic carbocycles. The van der Waals surface area contributed by atoms with E-state index in [4.69, 9.17) is 0 Å². The molecule has 0 spiro atoms. The fraction of sp³-hybridized carbons (Fsp3) is 0.111. The molecule has 0 bridgehead atoms. The third kappa shape index (κ3) is 3.60. The Bertz CT molecular complexity index is 831. The highest BCUT2D eigenvalue weighted by Gasteiger charge is 2.14. The third-order valence-electron chi connectivity index (χ3n) is 3.40. The standard InChI is InChI=1S/C18H16FN3OS/c1-2-21-18(23)22-16-11-15(12-7-9-20-10-8-12)17(24-16)13-3-5-14(19)6-4-13/h3-11H,2H2,1H3,(H2,21,22,23). The maximum atomic E-state index is 13.2. The van der Waals surface area contributed by atoms with E-state index in [1.807, 2.05) is 25.1 Å². The molecule has 0 aliphatic rings. The monoisotopic (exact) mass is 341 g/mol. The molecular formula is C18H16FN3OS. The van der Waals surface area contributed by atoms with Crippen LogP contribution in [-0.4, -0.2) is 17.6 Å². The van der Waals surface area contributed by atoms with Crippen LogP contribution in [-0.2, 0) is 0 Å². The zero-order valence-corrected chi connectivity index (χ0v) is 13.9. The molecular weight excluding hydrogens is 325 g/mol. The summed E-state index contributed by atoms with van der Waals surface area (Å²) >= 11 is 1.45. The SMILES string of the molecule is CCNC(=O)Nc1cc(-c2ccncc2)c(-c2ccc(F)cc2)s1. The van der Waals surface area contributed by atoms with Crippen LogP contribution in [0.4, 0.5) is 14.2 Å². The fourth-order valence-corrected chi connectivity index (χ4v) is 3.41. The molecule has 2 aromatic heterocycles. The molecule has 0 unspecified atom stereocenters. The van der Waals surface area contributed by atoms with Gasteiger partial charge in [-0.3, -0.25) is 10.3 Å². The van der Waals surface area contributed by atoms with Crippen molar-refractivity contribution in [3.8, 4) is 21.6 Å². The Morgan fingerprint density at radius 3 is 2.50 bits per heavy atom. The molecule has 0 radical (unpaired) electrons. The second-order valence-corrected chi connectivity index (χ2v) is 6.13. The van der Waals surface area contributed by atoms with Crippen molar-refractivity contribution in [2.75, 3.05) is 11.9 Å². The van der Waals surface area contributed by atoms with Gasteiger partial charge in [-0.15, -0.1) is 11.3 Å². The first-order valence-corrected chi connectivity index (χ1v) is 8.34. The summed E-state index contributed by atoms with van der Waals surface area (Å²) in [5, 5.41) is 6.27. The number of anilines is 1. The van der Waals surface area contributed by atoms with E-state index >= 15 is 0 Å². The van der Waals surface area contributed by atoms with Crippen LogP contribution in [0.1, 0.15) is 6.92 Å². The molecule has 0 atom stereocenters. The van der Waals surface area contributed by atoms with E-state index in [1.54, 1.807) is 24.5 Å². The topological polar surface area (TPSA) is 54.0 Å². The van der Waals surface area contributed by atoms with Gasteiger partial charge in [-0.2, -0.15) is 0 Å². The van der Waals surface area contributed by atoms with Crippen molar-refractivity contribution in [1.29, 1.82) is 0 Å². The Kier molecular flexibility index (Phi) is 4.86. The van der Waals surface area contributed by atoms with Crippen LogP contribution in [0, 0.1) is 5.82 Å². The highest BCUT2D eigenvalue weighted by atomic mass is 32.1. The number of rotatable bonds is 4. The number of hydrogen-bond acceptors (Lipinski definition) is 3. The van der Waals surface area contributed by atoms with Crippen molar-refractivity contribution in [2.45, 2.75) is 6.92 Å². The van der Waals surface area contributed by atoms with Crippen molar-refractivity contribution >= 4 is 22.4 Å². The number of thiophene rings is 1. The van der Waals surface area contributed by atoms with Crippen LogP contribution in [0.25, 0.3) is 21.6 Å².